The van der Waals surface area contributed by atoms with E-state index in [1.807, 2.05) is 19.1 Å². The second kappa shape index (κ2) is 7.84. The molecule has 0 unspecified atom stereocenters. The minimum atomic E-state index is -1.65. The molecule has 1 heterocycles. The first-order valence-electron chi connectivity index (χ1n) is 7.15. The normalized spacial score (nSPS) is 19.9. The lowest BCUT2D eigenvalue weighted by atomic mass is 10.1. The molecule has 0 spiro atoms. The van der Waals surface area contributed by atoms with Crippen molar-refractivity contribution in [2.45, 2.75) is 35.8 Å². The number of nitrogens with one attached hydrogen (secondary N) is 2. The van der Waals surface area contributed by atoms with Gasteiger partial charge in [-0.3, -0.25) is 10.1 Å². The molecule has 0 bridgehead atoms. The summed E-state index contributed by atoms with van der Waals surface area (Å²) in [7, 11) is 0. The van der Waals surface area contributed by atoms with Gasteiger partial charge < -0.3 is 10.1 Å². The van der Waals surface area contributed by atoms with Crippen LogP contribution in [-0.2, 0) is 4.74 Å². The fourth-order valence-electron chi connectivity index (χ4n) is 2.30. The summed E-state index contributed by atoms with van der Waals surface area (Å²) in [6.07, 6.45) is 1.28. The first kappa shape index (κ1) is 17.8. The maximum Gasteiger partial charge on any atom is 0.252 e. The molecule has 1 fully saturated rings. The van der Waals surface area contributed by atoms with E-state index in [0.29, 0.717) is 12.1 Å². The maximum atomic E-state index is 12.3. The zero-order chi connectivity index (χ0) is 16.2. The first-order valence-corrected chi connectivity index (χ1v) is 8.29. The summed E-state index contributed by atoms with van der Waals surface area (Å²) in [5.41, 5.74) is 1.52. The Morgan fingerprint density at radius 1 is 1.45 bits per heavy atom. The first-order chi connectivity index (χ1) is 10.4. The van der Waals surface area contributed by atoms with Crippen molar-refractivity contribution in [3.8, 4) is 0 Å². The van der Waals surface area contributed by atoms with Crippen molar-refractivity contribution < 1.29 is 9.53 Å². The summed E-state index contributed by atoms with van der Waals surface area (Å²) in [5.74, 6) is -0.292. The quantitative estimate of drug-likeness (QED) is 0.622. The maximum absolute atomic E-state index is 12.3. The molecule has 1 amide bonds. The monoisotopic (exact) mass is 364 g/mol. The summed E-state index contributed by atoms with van der Waals surface area (Å²) in [6, 6.07) is 7.23. The van der Waals surface area contributed by atoms with Crippen molar-refractivity contribution in [1.82, 2.24) is 10.6 Å². The van der Waals surface area contributed by atoms with Gasteiger partial charge in [0, 0.05) is 18.7 Å². The predicted octanol–water partition coefficient (Wildman–Crippen LogP) is 3.19. The average molecular weight is 366 g/mol. The molecule has 0 aromatic heterocycles. The number of hydrogen-bond donors (Lipinski definition) is 2. The molecule has 2 rings (SSSR count). The molecule has 1 saturated heterocycles. The van der Waals surface area contributed by atoms with E-state index in [1.165, 1.54) is 0 Å². The topological polar surface area (TPSA) is 50.4 Å². The van der Waals surface area contributed by atoms with Gasteiger partial charge in [-0.15, -0.1) is 0 Å². The molecule has 1 aromatic rings. The van der Waals surface area contributed by atoms with Crippen molar-refractivity contribution >= 4 is 40.7 Å². The number of aryl methyl sites for hydroxylation is 1. The van der Waals surface area contributed by atoms with E-state index in [9.17, 15) is 4.79 Å². The molecule has 22 heavy (non-hydrogen) atoms. The van der Waals surface area contributed by atoms with Crippen molar-refractivity contribution in [3.63, 3.8) is 0 Å². The number of rotatable bonds is 5. The van der Waals surface area contributed by atoms with Crippen molar-refractivity contribution in [2.75, 3.05) is 13.2 Å². The SMILES string of the molecule is Cc1cccc(C(=O)N[C@H](NC[C@@H]2CCCO2)C(Cl)(Cl)Cl)c1. The van der Waals surface area contributed by atoms with Crippen LogP contribution in [0.15, 0.2) is 24.3 Å². The molecule has 0 radical (unpaired) electrons. The van der Waals surface area contributed by atoms with E-state index >= 15 is 0 Å². The van der Waals surface area contributed by atoms with Crippen LogP contribution in [0.1, 0.15) is 28.8 Å². The minimum Gasteiger partial charge on any atom is -0.377 e. The third kappa shape index (κ3) is 5.28. The Morgan fingerprint density at radius 3 is 2.82 bits per heavy atom. The number of carbonyl (C=O) groups excluding carboxylic acids is 1. The molecule has 122 valence electrons. The zero-order valence-corrected chi connectivity index (χ0v) is 14.5. The second-order valence-electron chi connectivity index (χ2n) is 5.36. The molecular formula is C15H19Cl3N2O2. The Hall–Kier alpha value is -0.520. The van der Waals surface area contributed by atoms with Gasteiger partial charge in [0.05, 0.1) is 6.10 Å². The van der Waals surface area contributed by atoms with Crippen molar-refractivity contribution in [2.24, 2.45) is 0 Å². The highest BCUT2D eigenvalue weighted by atomic mass is 35.6. The van der Waals surface area contributed by atoms with Gasteiger partial charge in [0.2, 0.25) is 3.79 Å². The van der Waals surface area contributed by atoms with Gasteiger partial charge in [-0.2, -0.15) is 0 Å². The lowest BCUT2D eigenvalue weighted by molar-refractivity contribution is 0.0897. The van der Waals surface area contributed by atoms with Gasteiger partial charge in [-0.25, -0.2) is 0 Å². The third-order valence-corrected chi connectivity index (χ3v) is 4.11. The number of amides is 1. The molecule has 1 aliphatic heterocycles. The highest BCUT2D eigenvalue weighted by Gasteiger charge is 2.34. The number of hydrogen-bond acceptors (Lipinski definition) is 3. The summed E-state index contributed by atoms with van der Waals surface area (Å²) >= 11 is 17.9. The highest BCUT2D eigenvalue weighted by Crippen LogP contribution is 2.29. The number of alkyl halides is 3. The molecule has 2 atom stereocenters. The fourth-order valence-corrected chi connectivity index (χ4v) is 2.70. The van der Waals surface area contributed by atoms with Gasteiger partial charge in [0.25, 0.3) is 5.91 Å². The van der Waals surface area contributed by atoms with Crippen LogP contribution in [0.4, 0.5) is 0 Å². The zero-order valence-electron chi connectivity index (χ0n) is 12.2. The Bertz CT molecular complexity index is 514. The number of carbonyl (C=O) groups is 1. The van der Waals surface area contributed by atoms with E-state index in [-0.39, 0.29) is 12.0 Å². The van der Waals surface area contributed by atoms with Gasteiger partial charge in [-0.1, -0.05) is 52.5 Å². The van der Waals surface area contributed by atoms with Gasteiger partial charge in [-0.05, 0) is 31.9 Å². The summed E-state index contributed by atoms with van der Waals surface area (Å²) < 4.78 is 3.86. The lowest BCUT2D eigenvalue weighted by Crippen LogP contribution is -2.54. The van der Waals surface area contributed by atoms with Gasteiger partial charge in [0.15, 0.2) is 0 Å². The van der Waals surface area contributed by atoms with E-state index in [4.69, 9.17) is 39.5 Å². The Labute approximate surface area is 145 Å². The van der Waals surface area contributed by atoms with Crippen molar-refractivity contribution in [3.05, 3.63) is 35.4 Å². The average Bonchev–Trinajstić information content (AvgIpc) is 2.95. The molecule has 1 aromatic carbocycles. The summed E-state index contributed by atoms with van der Waals surface area (Å²) in [4.78, 5) is 12.3. The smallest absolute Gasteiger partial charge is 0.252 e. The molecule has 1 aliphatic rings. The molecule has 0 aliphatic carbocycles. The molecule has 7 heteroatoms. The largest absolute Gasteiger partial charge is 0.377 e. The lowest BCUT2D eigenvalue weighted by Gasteiger charge is -2.27. The van der Waals surface area contributed by atoms with Gasteiger partial charge >= 0.3 is 0 Å². The second-order valence-corrected chi connectivity index (χ2v) is 7.73. The Morgan fingerprint density at radius 2 is 2.23 bits per heavy atom. The van der Waals surface area contributed by atoms with Crippen LogP contribution in [0.5, 0.6) is 0 Å². The van der Waals surface area contributed by atoms with E-state index < -0.39 is 9.96 Å². The minimum absolute atomic E-state index is 0.0886. The molecule has 2 N–H and O–H groups in total. The van der Waals surface area contributed by atoms with Crippen LogP contribution in [0.3, 0.4) is 0 Å². The Kier molecular flexibility index (Phi) is 6.36. The van der Waals surface area contributed by atoms with E-state index in [1.54, 1.807) is 12.1 Å². The third-order valence-electron chi connectivity index (χ3n) is 3.46. The number of benzene rings is 1. The Balaban J connectivity index is 1.98. The van der Waals surface area contributed by atoms with Crippen LogP contribution in [-0.4, -0.2) is 35.1 Å². The van der Waals surface area contributed by atoms with E-state index in [2.05, 4.69) is 10.6 Å². The van der Waals surface area contributed by atoms with Crippen LogP contribution in [0.25, 0.3) is 0 Å². The van der Waals surface area contributed by atoms with Crippen LogP contribution in [0, 0.1) is 6.92 Å². The highest BCUT2D eigenvalue weighted by molar-refractivity contribution is 6.68. The fraction of sp³-hybridized carbons (Fsp3) is 0.533. The summed E-state index contributed by atoms with van der Waals surface area (Å²) in [6.45, 7) is 3.19. The molecular weight excluding hydrogens is 347 g/mol. The molecule has 4 nitrogen and oxygen atoms in total. The standard InChI is InChI=1S/C15H19Cl3N2O2/c1-10-4-2-5-11(8-10)13(21)20-14(15(16,17)18)19-9-12-6-3-7-22-12/h2,4-5,8,12,14,19H,3,6-7,9H2,1H3,(H,20,21)/t12-,14-/m0/s1. The number of halogens is 3. The van der Waals surface area contributed by atoms with Crippen molar-refractivity contribution in [1.29, 1.82) is 0 Å². The van der Waals surface area contributed by atoms with E-state index in [0.717, 1.165) is 25.0 Å². The summed E-state index contributed by atoms with van der Waals surface area (Å²) in [5, 5.41) is 5.79. The number of ether oxygens (including phenoxy) is 1. The predicted molar refractivity (Wildman–Crippen MR) is 89.7 cm³/mol. The van der Waals surface area contributed by atoms with Crippen LogP contribution >= 0.6 is 34.8 Å². The molecule has 0 saturated carbocycles. The van der Waals surface area contributed by atoms with Crippen LogP contribution < -0.4 is 10.6 Å². The van der Waals surface area contributed by atoms with Gasteiger partial charge in [0.1, 0.15) is 6.17 Å². The van der Waals surface area contributed by atoms with Crippen LogP contribution in [0.2, 0.25) is 0 Å².